The third-order valence-electron chi connectivity index (χ3n) is 2.23. The Morgan fingerprint density at radius 3 is 2.39 bits per heavy atom. The summed E-state index contributed by atoms with van der Waals surface area (Å²) < 4.78 is 24.6. The fourth-order valence-electron chi connectivity index (χ4n) is 1.50. The van der Waals surface area contributed by atoms with Crippen LogP contribution in [0.25, 0.3) is 0 Å². The molecular formula is C9H4F2N2O4S. The Morgan fingerprint density at radius 1 is 1.22 bits per heavy atom. The summed E-state index contributed by atoms with van der Waals surface area (Å²) in [6.45, 7) is 0. The number of imide groups is 1. The Labute approximate surface area is 103 Å². The number of fused-ring (bicyclic) bond motifs is 1. The zero-order valence-corrected chi connectivity index (χ0v) is 9.32. The molecule has 2 rings (SSSR count). The van der Waals surface area contributed by atoms with Crippen molar-refractivity contribution in [2.45, 2.75) is 5.76 Å². The Balaban J connectivity index is 2.42. The van der Waals surface area contributed by atoms with Gasteiger partial charge in [0, 0.05) is 24.1 Å². The van der Waals surface area contributed by atoms with Gasteiger partial charge in [0.05, 0.1) is 16.1 Å². The van der Waals surface area contributed by atoms with Crippen LogP contribution in [0.15, 0.2) is 18.2 Å². The number of hydrogen-bond acceptors (Lipinski definition) is 5. The van der Waals surface area contributed by atoms with Crippen LogP contribution in [0.2, 0.25) is 0 Å². The van der Waals surface area contributed by atoms with Crippen LogP contribution in [0.4, 0.5) is 14.5 Å². The molecule has 0 radical (unpaired) electrons. The summed E-state index contributed by atoms with van der Waals surface area (Å²) >= 11 is -0.220. The van der Waals surface area contributed by atoms with Crippen LogP contribution in [0, 0.1) is 10.1 Å². The van der Waals surface area contributed by atoms with Crippen molar-refractivity contribution >= 4 is 29.4 Å². The Bertz CT molecular complexity index is 563. The molecule has 0 saturated carbocycles. The minimum atomic E-state index is -2.93. The number of non-ortho nitro benzene ring substituents is 1. The van der Waals surface area contributed by atoms with E-state index in [1.807, 2.05) is 0 Å². The number of benzene rings is 1. The Morgan fingerprint density at radius 2 is 1.83 bits per heavy atom. The Hall–Kier alpha value is -2.03. The average Bonchev–Trinajstić information content (AvgIpc) is 2.53. The summed E-state index contributed by atoms with van der Waals surface area (Å²) in [7, 11) is 0. The zero-order valence-electron chi connectivity index (χ0n) is 8.50. The van der Waals surface area contributed by atoms with Crippen molar-refractivity contribution in [1.82, 2.24) is 4.31 Å². The van der Waals surface area contributed by atoms with Crippen LogP contribution in [-0.2, 0) is 0 Å². The molecule has 0 bridgehead atoms. The first kappa shape index (κ1) is 12.4. The van der Waals surface area contributed by atoms with E-state index < -0.39 is 22.5 Å². The van der Waals surface area contributed by atoms with Gasteiger partial charge in [-0.15, -0.1) is 0 Å². The molecule has 6 nitrogen and oxygen atoms in total. The molecule has 1 heterocycles. The van der Waals surface area contributed by atoms with Gasteiger partial charge in [-0.1, -0.05) is 0 Å². The summed E-state index contributed by atoms with van der Waals surface area (Å²) in [5.74, 6) is -4.79. The van der Waals surface area contributed by atoms with Crippen LogP contribution in [0.1, 0.15) is 20.7 Å². The summed E-state index contributed by atoms with van der Waals surface area (Å²) in [5.41, 5.74) is -0.722. The molecule has 1 aliphatic rings. The molecule has 0 aromatic heterocycles. The number of nitro groups is 1. The molecule has 18 heavy (non-hydrogen) atoms. The fraction of sp³-hybridized carbons (Fsp3) is 0.111. The second-order valence-electron chi connectivity index (χ2n) is 3.26. The van der Waals surface area contributed by atoms with E-state index in [0.29, 0.717) is 4.31 Å². The number of amides is 2. The topological polar surface area (TPSA) is 80.5 Å². The molecule has 0 N–H and O–H groups in total. The minimum absolute atomic E-state index is 0.112. The van der Waals surface area contributed by atoms with Crippen LogP contribution in [-0.4, -0.2) is 26.8 Å². The normalized spacial score (nSPS) is 14.3. The van der Waals surface area contributed by atoms with Crippen LogP contribution in [0.5, 0.6) is 0 Å². The van der Waals surface area contributed by atoms with Gasteiger partial charge in [0.15, 0.2) is 0 Å². The number of halogens is 2. The summed E-state index contributed by atoms with van der Waals surface area (Å²) in [6.07, 6.45) is 0. The molecule has 0 spiro atoms. The van der Waals surface area contributed by atoms with Gasteiger partial charge in [0.25, 0.3) is 17.5 Å². The number of hydrogen-bond donors (Lipinski definition) is 0. The molecular weight excluding hydrogens is 270 g/mol. The number of alkyl halides is 2. The highest BCUT2D eigenvalue weighted by Gasteiger charge is 2.39. The Kier molecular flexibility index (Phi) is 2.99. The maximum atomic E-state index is 12.2. The van der Waals surface area contributed by atoms with E-state index in [2.05, 4.69) is 0 Å². The van der Waals surface area contributed by atoms with Crippen LogP contribution >= 0.6 is 11.9 Å². The van der Waals surface area contributed by atoms with Crippen molar-refractivity contribution in [2.75, 3.05) is 0 Å². The molecule has 1 aromatic carbocycles. The predicted molar refractivity (Wildman–Crippen MR) is 57.2 cm³/mol. The van der Waals surface area contributed by atoms with Crippen molar-refractivity contribution < 1.29 is 23.3 Å². The third-order valence-corrected chi connectivity index (χ3v) is 2.93. The number of nitro benzene ring substituents is 1. The maximum Gasteiger partial charge on any atom is 0.303 e. The first-order valence-corrected chi connectivity index (χ1v) is 5.37. The monoisotopic (exact) mass is 274 g/mol. The van der Waals surface area contributed by atoms with Crippen LogP contribution in [0.3, 0.4) is 0 Å². The van der Waals surface area contributed by atoms with Crippen molar-refractivity contribution in [2.24, 2.45) is 0 Å². The summed E-state index contributed by atoms with van der Waals surface area (Å²) in [6, 6.07) is 3.03. The first-order chi connectivity index (χ1) is 8.41. The molecule has 9 heteroatoms. The molecule has 2 amide bonds. The molecule has 0 atom stereocenters. The second-order valence-corrected chi connectivity index (χ2v) is 4.19. The SMILES string of the molecule is O=C1c2ccc([N+](=O)[O-])cc2C(=O)N1SC(F)F. The smallest absolute Gasteiger partial charge is 0.268 e. The predicted octanol–water partition coefficient (Wildman–Crippen LogP) is 2.06. The van der Waals surface area contributed by atoms with Gasteiger partial charge in [0.2, 0.25) is 0 Å². The van der Waals surface area contributed by atoms with Crippen molar-refractivity contribution in [3.63, 3.8) is 0 Å². The second kappa shape index (κ2) is 4.33. The molecule has 0 unspecified atom stereocenters. The van der Waals surface area contributed by atoms with Gasteiger partial charge in [-0.3, -0.25) is 19.7 Å². The van der Waals surface area contributed by atoms with E-state index in [4.69, 9.17) is 0 Å². The van der Waals surface area contributed by atoms with Crippen molar-refractivity contribution in [1.29, 1.82) is 0 Å². The van der Waals surface area contributed by atoms with Gasteiger partial charge in [0.1, 0.15) is 0 Å². The number of carbonyl (C=O) groups excluding carboxylic acids is 2. The molecule has 1 aromatic rings. The van der Waals surface area contributed by atoms with Gasteiger partial charge in [-0.25, -0.2) is 4.31 Å². The van der Waals surface area contributed by atoms with Gasteiger partial charge >= 0.3 is 5.76 Å². The van der Waals surface area contributed by atoms with E-state index >= 15 is 0 Å². The molecule has 0 fully saturated rings. The minimum Gasteiger partial charge on any atom is -0.268 e. The van der Waals surface area contributed by atoms with E-state index in [-0.39, 0.29) is 28.8 Å². The average molecular weight is 274 g/mol. The summed E-state index contributed by atoms with van der Waals surface area (Å²) in [5, 5.41) is 10.5. The zero-order chi connectivity index (χ0) is 13.4. The lowest BCUT2D eigenvalue weighted by molar-refractivity contribution is -0.384. The van der Waals surface area contributed by atoms with Gasteiger partial charge < -0.3 is 0 Å². The van der Waals surface area contributed by atoms with Gasteiger partial charge in [-0.2, -0.15) is 8.78 Å². The number of carbonyl (C=O) groups is 2. The molecule has 0 saturated heterocycles. The highest BCUT2D eigenvalue weighted by atomic mass is 32.2. The quantitative estimate of drug-likeness (QED) is 0.365. The lowest BCUT2D eigenvalue weighted by atomic mass is 10.1. The lowest BCUT2D eigenvalue weighted by Gasteiger charge is -2.10. The number of rotatable bonds is 3. The van der Waals surface area contributed by atoms with Crippen LogP contribution < -0.4 is 0 Å². The van der Waals surface area contributed by atoms with E-state index in [1.165, 1.54) is 0 Å². The maximum absolute atomic E-state index is 12.2. The lowest BCUT2D eigenvalue weighted by Crippen LogP contribution is -2.23. The largest absolute Gasteiger partial charge is 0.303 e. The molecule has 1 aliphatic heterocycles. The third kappa shape index (κ3) is 1.92. The number of nitrogens with zero attached hydrogens (tertiary/aromatic N) is 2. The van der Waals surface area contributed by atoms with E-state index in [9.17, 15) is 28.5 Å². The van der Waals surface area contributed by atoms with E-state index in [1.54, 1.807) is 0 Å². The van der Waals surface area contributed by atoms with Crippen molar-refractivity contribution in [3.05, 3.63) is 39.4 Å². The summed E-state index contributed by atoms with van der Waals surface area (Å²) in [4.78, 5) is 33.0. The van der Waals surface area contributed by atoms with Gasteiger partial charge in [-0.05, 0) is 6.07 Å². The highest BCUT2D eigenvalue weighted by molar-refractivity contribution is 7.98. The fourth-order valence-corrected chi connectivity index (χ4v) is 2.04. The molecule has 0 aliphatic carbocycles. The highest BCUT2D eigenvalue weighted by Crippen LogP contribution is 2.33. The first-order valence-electron chi connectivity index (χ1n) is 4.54. The molecule has 94 valence electrons. The standard InChI is InChI=1S/C9H4F2N2O4S/c10-9(11)18-12-7(14)5-2-1-4(13(16)17)3-6(5)8(12)15/h1-3,9H. The van der Waals surface area contributed by atoms with E-state index in [0.717, 1.165) is 18.2 Å². The van der Waals surface area contributed by atoms with Crippen molar-refractivity contribution in [3.8, 4) is 0 Å².